The highest BCUT2D eigenvalue weighted by Crippen LogP contribution is 2.18. The van der Waals surface area contributed by atoms with Crippen molar-refractivity contribution in [1.29, 1.82) is 0 Å². The van der Waals surface area contributed by atoms with Crippen LogP contribution in [-0.2, 0) is 17.8 Å². The second-order valence-corrected chi connectivity index (χ2v) is 7.02. The quantitative estimate of drug-likeness (QED) is 0.432. The number of nitrogens with zero attached hydrogens (tertiary/aromatic N) is 3. The summed E-state index contributed by atoms with van der Waals surface area (Å²) in [7, 11) is 1.33. The zero-order chi connectivity index (χ0) is 21.3. The number of thiocarbonyl (C=S) groups is 1. The molecule has 0 saturated carbocycles. The summed E-state index contributed by atoms with van der Waals surface area (Å²) in [6.45, 7) is 1.66. The Kier molecular flexibility index (Phi) is 7.51. The zero-order valence-corrected chi connectivity index (χ0v) is 17.4. The Morgan fingerprint density at radius 3 is 2.73 bits per heavy atom. The number of methoxy groups -OCH3 is 1. The summed E-state index contributed by atoms with van der Waals surface area (Å²) in [5.41, 5.74) is 1.47. The van der Waals surface area contributed by atoms with Crippen molar-refractivity contribution in [2.75, 3.05) is 19.0 Å². The van der Waals surface area contributed by atoms with E-state index >= 15 is 0 Å². The van der Waals surface area contributed by atoms with E-state index in [0.717, 1.165) is 13.0 Å². The van der Waals surface area contributed by atoms with Crippen LogP contribution in [0.15, 0.2) is 67.3 Å². The molecule has 0 radical (unpaired) electrons. The molecule has 1 heterocycles. The lowest BCUT2D eigenvalue weighted by molar-refractivity contribution is 0.0602. The lowest BCUT2D eigenvalue weighted by Crippen LogP contribution is -2.36. The van der Waals surface area contributed by atoms with Gasteiger partial charge in [0.05, 0.1) is 24.7 Å². The largest absolute Gasteiger partial charge is 0.465 e. The van der Waals surface area contributed by atoms with E-state index in [4.69, 9.17) is 17.0 Å². The fraction of sp³-hybridized carbons (Fsp3) is 0.227. The van der Waals surface area contributed by atoms with Gasteiger partial charge < -0.3 is 19.5 Å². The van der Waals surface area contributed by atoms with Gasteiger partial charge in [0, 0.05) is 37.6 Å². The molecule has 8 heteroatoms. The topological polar surface area (TPSA) is 59.4 Å². The van der Waals surface area contributed by atoms with E-state index in [-0.39, 0.29) is 5.82 Å². The second-order valence-electron chi connectivity index (χ2n) is 6.63. The molecule has 6 nitrogen and oxygen atoms in total. The molecule has 1 aromatic heterocycles. The van der Waals surface area contributed by atoms with Crippen molar-refractivity contribution >= 4 is 29.0 Å². The molecule has 0 unspecified atom stereocenters. The smallest absolute Gasteiger partial charge is 0.339 e. The number of halogens is 1. The standard InChI is InChI=1S/C22H23FN4O2S/c1-29-21(28)18-8-3-5-10-20(18)25-22(30)27(13-6-12-26-14-11-24-16-26)15-17-7-2-4-9-19(17)23/h2-5,7-11,14,16H,6,12-13,15H2,1H3,(H,25,30). The molecule has 0 aliphatic rings. The average molecular weight is 427 g/mol. The van der Waals surface area contributed by atoms with Crippen molar-refractivity contribution in [3.8, 4) is 0 Å². The number of carbonyl (C=O) groups excluding carboxylic acids is 1. The SMILES string of the molecule is COC(=O)c1ccccc1NC(=S)N(CCCn1ccnc1)Cc1ccccc1F. The molecule has 156 valence electrons. The van der Waals surface area contributed by atoms with Crippen LogP contribution in [0.25, 0.3) is 0 Å². The molecule has 0 amide bonds. The number of carbonyl (C=O) groups is 1. The predicted octanol–water partition coefficient (Wildman–Crippen LogP) is 4.10. The van der Waals surface area contributed by atoms with Gasteiger partial charge in [-0.2, -0.15) is 0 Å². The number of nitrogens with one attached hydrogen (secondary N) is 1. The first kappa shape index (κ1) is 21.4. The summed E-state index contributed by atoms with van der Waals surface area (Å²) in [6, 6.07) is 13.6. The van der Waals surface area contributed by atoms with Crippen LogP contribution in [0.4, 0.5) is 10.1 Å². The summed E-state index contributed by atoms with van der Waals surface area (Å²) in [5, 5.41) is 3.53. The third-order valence-corrected chi connectivity index (χ3v) is 4.94. The molecule has 0 fully saturated rings. The number of hydrogen-bond donors (Lipinski definition) is 1. The molecule has 3 aromatic rings. The average Bonchev–Trinajstić information content (AvgIpc) is 3.27. The van der Waals surface area contributed by atoms with Gasteiger partial charge in [-0.3, -0.25) is 0 Å². The minimum Gasteiger partial charge on any atom is -0.465 e. The number of rotatable bonds is 8. The summed E-state index contributed by atoms with van der Waals surface area (Å²) >= 11 is 5.62. The first-order valence-corrected chi connectivity index (χ1v) is 9.91. The van der Waals surface area contributed by atoms with Crippen molar-refractivity contribution in [3.63, 3.8) is 0 Å². The third kappa shape index (κ3) is 5.64. The van der Waals surface area contributed by atoms with Crippen LogP contribution in [0.2, 0.25) is 0 Å². The Balaban J connectivity index is 1.75. The Hall–Kier alpha value is -3.26. The number of aromatic nitrogens is 2. The zero-order valence-electron chi connectivity index (χ0n) is 16.6. The van der Waals surface area contributed by atoms with Gasteiger partial charge in [0.1, 0.15) is 5.82 Å². The molecule has 0 aliphatic carbocycles. The minimum atomic E-state index is -0.457. The van der Waals surface area contributed by atoms with Gasteiger partial charge >= 0.3 is 5.97 Å². The van der Waals surface area contributed by atoms with Crippen LogP contribution in [0.1, 0.15) is 22.3 Å². The number of benzene rings is 2. The third-order valence-electron chi connectivity index (χ3n) is 4.58. The van der Waals surface area contributed by atoms with Crippen molar-refractivity contribution in [1.82, 2.24) is 14.5 Å². The van der Waals surface area contributed by atoms with Crippen LogP contribution in [0.3, 0.4) is 0 Å². The number of para-hydroxylation sites is 1. The van der Waals surface area contributed by atoms with Gasteiger partial charge in [0.15, 0.2) is 5.11 Å². The molecule has 1 N–H and O–H groups in total. The van der Waals surface area contributed by atoms with E-state index in [1.54, 1.807) is 55.0 Å². The molecule has 0 saturated heterocycles. The molecule has 0 aliphatic heterocycles. The minimum absolute atomic E-state index is 0.283. The van der Waals surface area contributed by atoms with E-state index in [1.165, 1.54) is 13.2 Å². The van der Waals surface area contributed by atoms with Gasteiger partial charge in [-0.15, -0.1) is 0 Å². The van der Waals surface area contributed by atoms with Gasteiger partial charge in [-0.05, 0) is 36.8 Å². The molecule has 2 aromatic carbocycles. The number of hydrogen-bond acceptors (Lipinski definition) is 4. The fourth-order valence-electron chi connectivity index (χ4n) is 3.02. The van der Waals surface area contributed by atoms with Gasteiger partial charge in [-0.25, -0.2) is 14.2 Å². The fourth-order valence-corrected chi connectivity index (χ4v) is 3.29. The lowest BCUT2D eigenvalue weighted by Gasteiger charge is -2.27. The Morgan fingerprint density at radius 1 is 1.23 bits per heavy atom. The predicted molar refractivity (Wildman–Crippen MR) is 118 cm³/mol. The van der Waals surface area contributed by atoms with Gasteiger partial charge in [0.25, 0.3) is 0 Å². The monoisotopic (exact) mass is 426 g/mol. The van der Waals surface area contributed by atoms with Crippen molar-refractivity contribution in [3.05, 3.63) is 84.2 Å². The molecule has 30 heavy (non-hydrogen) atoms. The number of imidazole rings is 1. The van der Waals surface area contributed by atoms with Gasteiger partial charge in [-0.1, -0.05) is 30.3 Å². The van der Waals surface area contributed by atoms with Crippen LogP contribution in [-0.4, -0.2) is 39.2 Å². The van der Waals surface area contributed by atoms with E-state index in [2.05, 4.69) is 10.3 Å². The van der Waals surface area contributed by atoms with Crippen LogP contribution in [0, 0.1) is 5.82 Å². The number of ether oxygens (including phenoxy) is 1. The van der Waals surface area contributed by atoms with Crippen molar-refractivity contribution in [2.24, 2.45) is 0 Å². The van der Waals surface area contributed by atoms with E-state index < -0.39 is 5.97 Å². The van der Waals surface area contributed by atoms with Crippen molar-refractivity contribution in [2.45, 2.75) is 19.5 Å². The van der Waals surface area contributed by atoms with Crippen LogP contribution >= 0.6 is 12.2 Å². The molecule has 0 spiro atoms. The maximum atomic E-state index is 14.2. The van der Waals surface area contributed by atoms with Crippen molar-refractivity contribution < 1.29 is 13.9 Å². The summed E-state index contributed by atoms with van der Waals surface area (Å²) in [4.78, 5) is 18.0. The van der Waals surface area contributed by atoms with E-state index in [0.29, 0.717) is 35.0 Å². The first-order valence-electron chi connectivity index (χ1n) is 9.51. The highest BCUT2D eigenvalue weighted by molar-refractivity contribution is 7.80. The van der Waals surface area contributed by atoms with Gasteiger partial charge in [0.2, 0.25) is 0 Å². The first-order chi connectivity index (χ1) is 14.6. The Morgan fingerprint density at radius 2 is 2.00 bits per heavy atom. The van der Waals surface area contributed by atoms with Crippen LogP contribution in [0.5, 0.6) is 0 Å². The highest BCUT2D eigenvalue weighted by Gasteiger charge is 2.16. The second kappa shape index (κ2) is 10.5. The summed E-state index contributed by atoms with van der Waals surface area (Å²) in [6.07, 6.45) is 6.16. The number of aryl methyl sites for hydroxylation is 1. The summed E-state index contributed by atoms with van der Waals surface area (Å²) in [5.74, 6) is -0.739. The number of esters is 1. The van der Waals surface area contributed by atoms with E-state index in [1.807, 2.05) is 15.7 Å². The normalized spacial score (nSPS) is 10.5. The van der Waals surface area contributed by atoms with Crippen LogP contribution < -0.4 is 5.32 Å². The maximum Gasteiger partial charge on any atom is 0.339 e. The number of anilines is 1. The molecule has 0 atom stereocenters. The molecular weight excluding hydrogens is 403 g/mol. The summed E-state index contributed by atoms with van der Waals surface area (Å²) < 4.78 is 21.1. The Bertz CT molecular complexity index is 994. The Labute approximate surface area is 180 Å². The molecule has 0 bridgehead atoms. The lowest BCUT2D eigenvalue weighted by atomic mass is 10.1. The highest BCUT2D eigenvalue weighted by atomic mass is 32.1. The maximum absolute atomic E-state index is 14.2. The van der Waals surface area contributed by atoms with E-state index in [9.17, 15) is 9.18 Å². The molecule has 3 rings (SSSR count). The molecular formula is C22H23FN4O2S.